The van der Waals surface area contributed by atoms with E-state index in [-0.39, 0.29) is 17.7 Å². The highest BCUT2D eigenvalue weighted by Crippen LogP contribution is 2.30. The molecule has 0 atom stereocenters. The quantitative estimate of drug-likeness (QED) is 0.534. The van der Waals surface area contributed by atoms with Crippen molar-refractivity contribution in [3.8, 4) is 0 Å². The van der Waals surface area contributed by atoms with Gasteiger partial charge in [-0.2, -0.15) is 0 Å². The van der Waals surface area contributed by atoms with Crippen LogP contribution in [0.2, 0.25) is 0 Å². The van der Waals surface area contributed by atoms with Gasteiger partial charge in [0.2, 0.25) is 5.91 Å². The SMILES string of the molecule is O=C(NCc1cccc(COCc2ccccc2)c1)c1ccc(NC(=O)C2CC2)cc1. The molecule has 0 aliphatic heterocycles. The molecular formula is C26H26N2O3. The molecule has 2 N–H and O–H groups in total. The second kappa shape index (κ2) is 10.0. The molecule has 31 heavy (non-hydrogen) atoms. The van der Waals surface area contributed by atoms with Gasteiger partial charge in [0.1, 0.15) is 0 Å². The highest BCUT2D eigenvalue weighted by Gasteiger charge is 2.29. The van der Waals surface area contributed by atoms with Crippen LogP contribution in [0.15, 0.2) is 78.9 Å². The van der Waals surface area contributed by atoms with Gasteiger partial charge in [0.05, 0.1) is 13.2 Å². The molecule has 1 fully saturated rings. The molecule has 3 aromatic carbocycles. The molecule has 0 heterocycles. The maximum atomic E-state index is 12.5. The molecule has 5 heteroatoms. The molecule has 4 rings (SSSR count). The van der Waals surface area contributed by atoms with Gasteiger partial charge >= 0.3 is 0 Å². The fraction of sp³-hybridized carbons (Fsp3) is 0.231. The van der Waals surface area contributed by atoms with E-state index in [2.05, 4.69) is 10.6 Å². The van der Waals surface area contributed by atoms with Crippen molar-refractivity contribution < 1.29 is 14.3 Å². The molecule has 1 saturated carbocycles. The summed E-state index contributed by atoms with van der Waals surface area (Å²) in [6.45, 7) is 1.52. The zero-order valence-electron chi connectivity index (χ0n) is 17.3. The number of ether oxygens (including phenoxy) is 1. The Kier molecular flexibility index (Phi) is 6.75. The predicted octanol–water partition coefficient (Wildman–Crippen LogP) is 4.68. The molecule has 1 aliphatic rings. The first kappa shape index (κ1) is 20.8. The molecule has 158 valence electrons. The number of amides is 2. The first-order chi connectivity index (χ1) is 15.2. The first-order valence-electron chi connectivity index (χ1n) is 10.6. The Morgan fingerprint density at radius 1 is 0.806 bits per heavy atom. The molecule has 0 spiro atoms. The summed E-state index contributed by atoms with van der Waals surface area (Å²) in [4.78, 5) is 24.3. The number of hydrogen-bond donors (Lipinski definition) is 2. The molecule has 1 aliphatic carbocycles. The molecule has 0 aromatic heterocycles. The fourth-order valence-corrected chi connectivity index (χ4v) is 3.27. The van der Waals surface area contributed by atoms with Crippen molar-refractivity contribution in [2.24, 2.45) is 5.92 Å². The number of anilines is 1. The minimum absolute atomic E-state index is 0.0600. The summed E-state index contributed by atoms with van der Waals surface area (Å²) < 4.78 is 5.80. The van der Waals surface area contributed by atoms with E-state index in [1.54, 1.807) is 24.3 Å². The number of rotatable bonds is 9. The van der Waals surface area contributed by atoms with Crippen LogP contribution in [0.3, 0.4) is 0 Å². The van der Waals surface area contributed by atoms with E-state index in [9.17, 15) is 9.59 Å². The third-order valence-corrected chi connectivity index (χ3v) is 5.19. The van der Waals surface area contributed by atoms with E-state index >= 15 is 0 Å². The van der Waals surface area contributed by atoms with Gasteiger partial charge < -0.3 is 15.4 Å². The summed E-state index contributed by atoms with van der Waals surface area (Å²) in [7, 11) is 0. The number of hydrogen-bond acceptors (Lipinski definition) is 3. The molecule has 0 radical (unpaired) electrons. The van der Waals surface area contributed by atoms with Gasteiger partial charge in [-0.1, -0.05) is 54.6 Å². The lowest BCUT2D eigenvalue weighted by Gasteiger charge is -2.09. The number of nitrogens with one attached hydrogen (secondary N) is 2. The first-order valence-corrected chi connectivity index (χ1v) is 10.6. The lowest BCUT2D eigenvalue weighted by molar-refractivity contribution is -0.117. The second-order valence-electron chi connectivity index (χ2n) is 7.82. The summed E-state index contributed by atoms with van der Waals surface area (Å²) in [5.74, 6) is 0.0677. The zero-order chi connectivity index (χ0) is 21.5. The van der Waals surface area contributed by atoms with Crippen molar-refractivity contribution in [2.45, 2.75) is 32.6 Å². The highest BCUT2D eigenvalue weighted by atomic mass is 16.5. The Hall–Kier alpha value is -3.44. The van der Waals surface area contributed by atoms with Crippen LogP contribution >= 0.6 is 0 Å². The summed E-state index contributed by atoms with van der Waals surface area (Å²) in [5, 5.41) is 5.82. The van der Waals surface area contributed by atoms with E-state index in [4.69, 9.17) is 4.74 Å². The van der Waals surface area contributed by atoms with Crippen molar-refractivity contribution in [1.29, 1.82) is 0 Å². The van der Waals surface area contributed by atoms with Gasteiger partial charge in [0.15, 0.2) is 0 Å². The Morgan fingerprint density at radius 3 is 2.23 bits per heavy atom. The molecular weight excluding hydrogens is 388 g/mol. The van der Waals surface area contributed by atoms with E-state index in [0.29, 0.717) is 25.3 Å². The maximum absolute atomic E-state index is 12.5. The van der Waals surface area contributed by atoms with Gasteiger partial charge in [-0.25, -0.2) is 0 Å². The van der Waals surface area contributed by atoms with Crippen LogP contribution in [0.4, 0.5) is 5.69 Å². The van der Waals surface area contributed by atoms with Crippen LogP contribution in [-0.2, 0) is 29.3 Å². The smallest absolute Gasteiger partial charge is 0.251 e. The van der Waals surface area contributed by atoms with Crippen LogP contribution in [0.5, 0.6) is 0 Å². The summed E-state index contributed by atoms with van der Waals surface area (Å²) in [6.07, 6.45) is 1.93. The van der Waals surface area contributed by atoms with Crippen molar-refractivity contribution in [2.75, 3.05) is 5.32 Å². The minimum atomic E-state index is -0.147. The molecule has 3 aromatic rings. The zero-order valence-corrected chi connectivity index (χ0v) is 17.3. The lowest BCUT2D eigenvalue weighted by atomic mass is 10.1. The number of carbonyl (C=O) groups is 2. The third-order valence-electron chi connectivity index (χ3n) is 5.19. The molecule has 5 nitrogen and oxygen atoms in total. The van der Waals surface area contributed by atoms with E-state index in [1.165, 1.54) is 0 Å². The van der Waals surface area contributed by atoms with Crippen LogP contribution in [0.1, 0.15) is 39.9 Å². The molecule has 0 saturated heterocycles. The molecule has 0 unspecified atom stereocenters. The standard InChI is InChI=1S/C26H26N2O3/c29-25(22-11-13-24(14-12-22)28-26(30)23-9-10-23)27-16-20-7-4-8-21(15-20)18-31-17-19-5-2-1-3-6-19/h1-8,11-15,23H,9-10,16-18H2,(H,27,29)(H,28,30). The Balaban J connectivity index is 1.25. The van der Waals surface area contributed by atoms with Crippen LogP contribution in [0.25, 0.3) is 0 Å². The second-order valence-corrected chi connectivity index (χ2v) is 7.82. The molecule has 2 amide bonds. The largest absolute Gasteiger partial charge is 0.372 e. The van der Waals surface area contributed by atoms with Gasteiger partial charge in [-0.3, -0.25) is 9.59 Å². The van der Waals surface area contributed by atoms with Gasteiger partial charge in [0.25, 0.3) is 5.91 Å². The lowest BCUT2D eigenvalue weighted by Crippen LogP contribution is -2.22. The van der Waals surface area contributed by atoms with Crippen molar-refractivity contribution >= 4 is 17.5 Å². The van der Waals surface area contributed by atoms with Gasteiger partial charge in [-0.05, 0) is 53.8 Å². The van der Waals surface area contributed by atoms with E-state index < -0.39 is 0 Å². The Labute approximate surface area is 182 Å². The predicted molar refractivity (Wildman–Crippen MR) is 120 cm³/mol. The van der Waals surface area contributed by atoms with Gasteiger partial charge in [0, 0.05) is 23.7 Å². The number of carbonyl (C=O) groups excluding carboxylic acids is 2. The topological polar surface area (TPSA) is 67.4 Å². The average molecular weight is 415 g/mol. The van der Waals surface area contributed by atoms with Gasteiger partial charge in [-0.15, -0.1) is 0 Å². The summed E-state index contributed by atoms with van der Waals surface area (Å²) in [6, 6.07) is 25.1. The summed E-state index contributed by atoms with van der Waals surface area (Å²) >= 11 is 0. The van der Waals surface area contributed by atoms with Crippen LogP contribution < -0.4 is 10.6 Å². The highest BCUT2D eigenvalue weighted by molar-refractivity contribution is 5.96. The van der Waals surface area contributed by atoms with Crippen molar-refractivity contribution in [3.05, 3.63) is 101 Å². The van der Waals surface area contributed by atoms with Crippen LogP contribution in [-0.4, -0.2) is 11.8 Å². The summed E-state index contributed by atoms with van der Waals surface area (Å²) in [5.41, 5.74) is 4.51. The Morgan fingerprint density at radius 2 is 1.48 bits per heavy atom. The van der Waals surface area contributed by atoms with E-state index in [1.807, 2.05) is 54.6 Å². The van der Waals surface area contributed by atoms with Crippen LogP contribution in [0, 0.1) is 5.92 Å². The Bertz CT molecular complexity index is 1030. The van der Waals surface area contributed by atoms with Crippen molar-refractivity contribution in [1.82, 2.24) is 5.32 Å². The normalized spacial score (nSPS) is 12.9. The monoisotopic (exact) mass is 414 g/mol. The average Bonchev–Trinajstić information content (AvgIpc) is 3.65. The fourth-order valence-electron chi connectivity index (χ4n) is 3.27. The van der Waals surface area contributed by atoms with Crippen molar-refractivity contribution in [3.63, 3.8) is 0 Å². The third kappa shape index (κ3) is 6.27. The molecule has 0 bridgehead atoms. The number of benzene rings is 3. The maximum Gasteiger partial charge on any atom is 0.251 e. The minimum Gasteiger partial charge on any atom is -0.372 e. The van der Waals surface area contributed by atoms with E-state index in [0.717, 1.165) is 35.2 Å².